The highest BCUT2D eigenvalue weighted by Crippen LogP contribution is 2.22. The van der Waals surface area contributed by atoms with Gasteiger partial charge in [-0.2, -0.15) is 0 Å². The van der Waals surface area contributed by atoms with Gasteiger partial charge in [0.1, 0.15) is 12.4 Å². The van der Waals surface area contributed by atoms with Gasteiger partial charge in [0.05, 0.1) is 23.8 Å². The van der Waals surface area contributed by atoms with Gasteiger partial charge in [-0.05, 0) is 26.0 Å². The number of thioether (sulfide) groups is 1. The van der Waals surface area contributed by atoms with E-state index in [1.54, 1.807) is 0 Å². The third-order valence-corrected chi connectivity index (χ3v) is 4.17. The Morgan fingerprint density at radius 1 is 1.28 bits per heavy atom. The first-order valence-corrected chi connectivity index (χ1v) is 9.08. The van der Waals surface area contributed by atoms with Crippen LogP contribution in [0.2, 0.25) is 0 Å². The normalized spacial score (nSPS) is 10.3. The van der Waals surface area contributed by atoms with E-state index in [0.29, 0.717) is 31.3 Å². The van der Waals surface area contributed by atoms with Crippen LogP contribution in [0.4, 0.5) is 0 Å². The summed E-state index contributed by atoms with van der Waals surface area (Å²) in [6, 6.07) is 8.06. The zero-order valence-electron chi connectivity index (χ0n) is 14.4. The van der Waals surface area contributed by atoms with Gasteiger partial charge >= 0.3 is 5.97 Å². The highest BCUT2D eigenvalue weighted by atomic mass is 32.2. The molecule has 0 bridgehead atoms. The fourth-order valence-electron chi connectivity index (χ4n) is 2.06. The zero-order valence-corrected chi connectivity index (χ0v) is 15.2. The third-order valence-electron chi connectivity index (χ3n) is 3.37. The summed E-state index contributed by atoms with van der Waals surface area (Å²) >= 11 is 1.27. The van der Waals surface area contributed by atoms with Crippen molar-refractivity contribution in [2.24, 2.45) is 0 Å². The fraction of sp³-hybridized carbons (Fsp3) is 0.368. The summed E-state index contributed by atoms with van der Waals surface area (Å²) in [6.45, 7) is 4.79. The molecule has 1 heterocycles. The van der Waals surface area contributed by atoms with Crippen molar-refractivity contribution in [3.63, 3.8) is 0 Å². The molecule has 0 aliphatic rings. The number of nitrogens with zero attached hydrogens (tertiary/aromatic N) is 1. The van der Waals surface area contributed by atoms with E-state index >= 15 is 0 Å². The molecule has 0 aliphatic heterocycles. The standard InChI is InChI=1S/C19H21NO4S/c1-14-5-7-16(8-6-14)19-20-17(15(2)24-19)9-11-23-10-3-4-12-25-13-18(21)22/h5-8H,9-13H2,1-2H3,(H,21,22). The number of aromatic nitrogens is 1. The molecule has 0 spiro atoms. The molecule has 0 radical (unpaired) electrons. The summed E-state index contributed by atoms with van der Waals surface area (Å²) in [7, 11) is 0. The lowest BCUT2D eigenvalue weighted by Gasteiger charge is -1.98. The van der Waals surface area contributed by atoms with Crippen LogP contribution in [-0.2, 0) is 16.0 Å². The molecule has 0 unspecified atom stereocenters. The lowest BCUT2D eigenvalue weighted by Crippen LogP contribution is -2.00. The number of aryl methyl sites for hydroxylation is 2. The number of ether oxygens (including phenoxy) is 1. The number of carboxylic acids is 1. The fourth-order valence-corrected chi connectivity index (χ4v) is 2.54. The van der Waals surface area contributed by atoms with Crippen molar-refractivity contribution in [2.75, 3.05) is 24.7 Å². The maximum absolute atomic E-state index is 10.3. The number of aliphatic carboxylic acids is 1. The second-order valence-electron chi connectivity index (χ2n) is 5.43. The molecule has 0 aliphatic carbocycles. The van der Waals surface area contributed by atoms with Gasteiger partial charge in [-0.1, -0.05) is 29.5 Å². The Morgan fingerprint density at radius 3 is 2.76 bits per heavy atom. The monoisotopic (exact) mass is 359 g/mol. The van der Waals surface area contributed by atoms with Crippen molar-refractivity contribution < 1.29 is 19.1 Å². The molecule has 0 saturated carbocycles. The van der Waals surface area contributed by atoms with Crippen LogP contribution < -0.4 is 0 Å². The van der Waals surface area contributed by atoms with Gasteiger partial charge in [-0.25, -0.2) is 4.98 Å². The van der Waals surface area contributed by atoms with E-state index in [-0.39, 0.29) is 5.75 Å². The van der Waals surface area contributed by atoms with Crippen LogP contribution in [0, 0.1) is 25.7 Å². The number of hydrogen-bond acceptors (Lipinski definition) is 5. The summed E-state index contributed by atoms with van der Waals surface area (Å²) in [5.74, 6) is 6.92. The summed E-state index contributed by atoms with van der Waals surface area (Å²) in [5.41, 5.74) is 3.05. The first-order chi connectivity index (χ1) is 12.1. The number of rotatable bonds is 8. The Kier molecular flexibility index (Phi) is 7.58. The van der Waals surface area contributed by atoms with Crippen LogP contribution in [-0.4, -0.2) is 40.8 Å². The number of benzene rings is 1. The van der Waals surface area contributed by atoms with E-state index in [1.165, 1.54) is 17.3 Å². The minimum absolute atomic E-state index is 0.0737. The van der Waals surface area contributed by atoms with E-state index in [1.807, 2.05) is 38.1 Å². The minimum atomic E-state index is -0.823. The SMILES string of the molecule is Cc1ccc(-c2nc(CCOCC#CCSCC(=O)O)c(C)o2)cc1. The van der Waals surface area contributed by atoms with Gasteiger partial charge in [0.15, 0.2) is 0 Å². The van der Waals surface area contributed by atoms with Crippen molar-refractivity contribution in [3.05, 3.63) is 41.3 Å². The predicted molar refractivity (Wildman–Crippen MR) is 98.7 cm³/mol. The highest BCUT2D eigenvalue weighted by Gasteiger charge is 2.11. The second-order valence-corrected chi connectivity index (χ2v) is 6.42. The van der Waals surface area contributed by atoms with Crippen molar-refractivity contribution in [3.8, 4) is 23.3 Å². The Balaban J connectivity index is 1.74. The Hall–Kier alpha value is -2.23. The first-order valence-electron chi connectivity index (χ1n) is 7.92. The van der Waals surface area contributed by atoms with Crippen LogP contribution in [0.3, 0.4) is 0 Å². The Labute approximate surface area is 151 Å². The average Bonchev–Trinajstić information content (AvgIpc) is 2.94. The molecular weight excluding hydrogens is 338 g/mol. The number of carbonyl (C=O) groups is 1. The molecular formula is C19H21NO4S. The third kappa shape index (κ3) is 6.65. The van der Waals surface area contributed by atoms with Crippen LogP contribution >= 0.6 is 11.8 Å². The molecule has 5 nitrogen and oxygen atoms in total. The molecule has 6 heteroatoms. The van der Waals surface area contributed by atoms with Crippen LogP contribution in [0.5, 0.6) is 0 Å². The van der Waals surface area contributed by atoms with Crippen LogP contribution in [0.1, 0.15) is 17.0 Å². The van der Waals surface area contributed by atoms with Gasteiger partial charge in [0.25, 0.3) is 0 Å². The number of carboxylic acid groups (broad SMARTS) is 1. The molecule has 1 aromatic heterocycles. The molecule has 0 atom stereocenters. The van der Waals surface area contributed by atoms with Crippen LogP contribution in [0.25, 0.3) is 11.5 Å². The van der Waals surface area contributed by atoms with E-state index in [2.05, 4.69) is 16.8 Å². The van der Waals surface area contributed by atoms with Gasteiger partial charge < -0.3 is 14.3 Å². The maximum atomic E-state index is 10.3. The smallest absolute Gasteiger partial charge is 0.313 e. The summed E-state index contributed by atoms with van der Waals surface area (Å²) in [5, 5.41) is 8.50. The topological polar surface area (TPSA) is 72.6 Å². The van der Waals surface area contributed by atoms with Gasteiger partial charge in [-0.15, -0.1) is 11.8 Å². The molecule has 1 aromatic carbocycles. The molecule has 0 saturated heterocycles. The largest absolute Gasteiger partial charge is 0.481 e. The number of hydrogen-bond donors (Lipinski definition) is 1. The van der Waals surface area contributed by atoms with Gasteiger partial charge in [-0.3, -0.25) is 4.79 Å². The van der Waals surface area contributed by atoms with Crippen molar-refractivity contribution >= 4 is 17.7 Å². The predicted octanol–water partition coefficient (Wildman–Crippen LogP) is 3.34. The van der Waals surface area contributed by atoms with Gasteiger partial charge in [0.2, 0.25) is 5.89 Å². The highest BCUT2D eigenvalue weighted by molar-refractivity contribution is 8.00. The van der Waals surface area contributed by atoms with E-state index in [0.717, 1.165) is 17.0 Å². The number of oxazole rings is 1. The molecule has 2 aromatic rings. The minimum Gasteiger partial charge on any atom is -0.481 e. The quantitative estimate of drug-likeness (QED) is 0.576. The maximum Gasteiger partial charge on any atom is 0.313 e. The van der Waals surface area contributed by atoms with Crippen LogP contribution in [0.15, 0.2) is 28.7 Å². The summed E-state index contributed by atoms with van der Waals surface area (Å²) < 4.78 is 11.2. The van der Waals surface area contributed by atoms with E-state index in [9.17, 15) is 4.79 Å². The van der Waals surface area contributed by atoms with E-state index in [4.69, 9.17) is 14.3 Å². The zero-order chi connectivity index (χ0) is 18.1. The molecule has 2 rings (SSSR count). The summed E-state index contributed by atoms with van der Waals surface area (Å²) in [4.78, 5) is 14.9. The van der Waals surface area contributed by atoms with E-state index < -0.39 is 5.97 Å². The van der Waals surface area contributed by atoms with Crippen molar-refractivity contribution in [1.82, 2.24) is 4.98 Å². The molecule has 132 valence electrons. The lowest BCUT2D eigenvalue weighted by atomic mass is 10.1. The molecule has 0 fully saturated rings. The molecule has 25 heavy (non-hydrogen) atoms. The molecule has 1 N–H and O–H groups in total. The first kappa shape index (κ1) is 19.1. The Morgan fingerprint density at radius 2 is 2.04 bits per heavy atom. The summed E-state index contributed by atoms with van der Waals surface area (Å²) in [6.07, 6.45) is 0.663. The lowest BCUT2D eigenvalue weighted by molar-refractivity contribution is -0.133. The Bertz CT molecular complexity index is 756. The van der Waals surface area contributed by atoms with Crippen molar-refractivity contribution in [2.45, 2.75) is 20.3 Å². The van der Waals surface area contributed by atoms with Crippen molar-refractivity contribution in [1.29, 1.82) is 0 Å². The second kappa shape index (κ2) is 9.92. The van der Waals surface area contributed by atoms with Gasteiger partial charge in [0, 0.05) is 12.0 Å². The molecule has 0 amide bonds. The average molecular weight is 359 g/mol.